The van der Waals surface area contributed by atoms with Crippen molar-refractivity contribution in [2.24, 2.45) is 5.92 Å². The summed E-state index contributed by atoms with van der Waals surface area (Å²) in [5.41, 5.74) is 1.07. The third kappa shape index (κ3) is 5.63. The molecule has 0 saturated carbocycles. The number of piperidine rings is 2. The predicted octanol–water partition coefficient (Wildman–Crippen LogP) is 3.96. The first kappa shape index (κ1) is 23.0. The van der Waals surface area contributed by atoms with Gasteiger partial charge in [-0.1, -0.05) is 13.0 Å². The normalized spacial score (nSPS) is 20.1. The van der Waals surface area contributed by atoms with E-state index in [0.717, 1.165) is 54.9 Å². The van der Waals surface area contributed by atoms with E-state index in [4.69, 9.17) is 31.7 Å². The lowest BCUT2D eigenvalue weighted by Gasteiger charge is -2.33. The molecule has 0 aliphatic carbocycles. The molecule has 3 aliphatic heterocycles. The predicted molar refractivity (Wildman–Crippen MR) is 139 cm³/mol. The number of thiocarbonyl (C=S) groups is 1. The van der Waals surface area contributed by atoms with Gasteiger partial charge in [-0.15, -0.1) is 0 Å². The molecule has 2 fully saturated rings. The van der Waals surface area contributed by atoms with Gasteiger partial charge in [0, 0.05) is 38.8 Å². The molecule has 1 aromatic heterocycles. The Morgan fingerprint density at radius 3 is 2.50 bits per heavy atom. The summed E-state index contributed by atoms with van der Waals surface area (Å²) in [7, 11) is 0. The van der Waals surface area contributed by atoms with E-state index in [2.05, 4.69) is 33.4 Å². The Morgan fingerprint density at radius 2 is 1.71 bits per heavy atom. The molecule has 0 unspecified atom stereocenters. The minimum Gasteiger partial charge on any atom is -0.486 e. The number of hydrogen-bond acceptors (Lipinski definition) is 7. The van der Waals surface area contributed by atoms with Crippen LogP contribution >= 0.6 is 12.2 Å². The lowest BCUT2D eigenvalue weighted by molar-refractivity contribution is 0.171. The van der Waals surface area contributed by atoms with Crippen molar-refractivity contribution in [1.29, 1.82) is 0 Å². The minimum absolute atomic E-state index is 0.503. The topological polar surface area (TPSA) is 74.8 Å². The monoisotopic (exact) mass is 482 g/mol. The second-order valence-electron chi connectivity index (χ2n) is 9.43. The molecule has 1 atom stereocenters. The van der Waals surface area contributed by atoms with Crippen molar-refractivity contribution < 1.29 is 9.47 Å². The maximum Gasteiger partial charge on any atom is 0.232 e. The average Bonchev–Trinajstić information content (AvgIpc) is 2.88. The molecule has 4 heterocycles. The summed E-state index contributed by atoms with van der Waals surface area (Å²) in [6, 6.07) is 8.11. The molecule has 0 radical (unpaired) electrons. The van der Waals surface area contributed by atoms with Gasteiger partial charge in [0.1, 0.15) is 24.8 Å². The number of benzene rings is 1. The summed E-state index contributed by atoms with van der Waals surface area (Å²) in [5, 5.41) is 7.01. The first-order valence-corrected chi connectivity index (χ1v) is 12.9. The fourth-order valence-electron chi connectivity index (χ4n) is 4.85. The van der Waals surface area contributed by atoms with E-state index in [9.17, 15) is 0 Å². The zero-order valence-electron chi connectivity index (χ0n) is 19.9. The van der Waals surface area contributed by atoms with Crippen molar-refractivity contribution in [2.75, 3.05) is 54.5 Å². The lowest BCUT2D eigenvalue weighted by Crippen LogP contribution is -2.36. The van der Waals surface area contributed by atoms with E-state index >= 15 is 0 Å². The number of hydrogen-bond donors (Lipinski definition) is 2. The Balaban J connectivity index is 1.28. The second kappa shape index (κ2) is 10.6. The zero-order valence-corrected chi connectivity index (χ0v) is 20.7. The molecular formula is C25H34N6O2S. The van der Waals surface area contributed by atoms with Crippen molar-refractivity contribution in [3.63, 3.8) is 0 Å². The molecular weight excluding hydrogens is 448 g/mol. The van der Waals surface area contributed by atoms with Gasteiger partial charge in [-0.05, 0) is 67.9 Å². The maximum atomic E-state index is 5.69. The molecule has 0 bridgehead atoms. The third-order valence-corrected chi connectivity index (χ3v) is 6.89. The van der Waals surface area contributed by atoms with Gasteiger partial charge in [-0.25, -0.2) is 0 Å². The molecule has 0 amide bonds. The minimum atomic E-state index is 0.503. The van der Waals surface area contributed by atoms with E-state index in [1.165, 1.54) is 32.1 Å². The Morgan fingerprint density at radius 1 is 0.971 bits per heavy atom. The molecule has 9 heteroatoms. The molecule has 2 N–H and O–H groups in total. The number of anilines is 3. The highest BCUT2D eigenvalue weighted by atomic mass is 32.1. The van der Waals surface area contributed by atoms with Crippen molar-refractivity contribution in [3.8, 4) is 11.5 Å². The van der Waals surface area contributed by atoms with Gasteiger partial charge in [-0.2, -0.15) is 9.97 Å². The molecule has 3 aliphatic rings. The molecule has 34 heavy (non-hydrogen) atoms. The van der Waals surface area contributed by atoms with Gasteiger partial charge in [-0.3, -0.25) is 0 Å². The summed E-state index contributed by atoms with van der Waals surface area (Å²) < 4.78 is 11.3. The Bertz CT molecular complexity index is 1010. The summed E-state index contributed by atoms with van der Waals surface area (Å²) >= 11 is 5.59. The maximum absolute atomic E-state index is 5.69. The van der Waals surface area contributed by atoms with E-state index < -0.39 is 0 Å². The van der Waals surface area contributed by atoms with Gasteiger partial charge in [0.2, 0.25) is 5.95 Å². The van der Waals surface area contributed by atoms with Crippen LogP contribution in [0.2, 0.25) is 0 Å². The van der Waals surface area contributed by atoms with E-state index in [1.807, 2.05) is 18.2 Å². The molecule has 0 spiro atoms. The molecule has 5 rings (SSSR count). The average molecular weight is 483 g/mol. The first-order valence-electron chi connectivity index (χ1n) is 12.5. The van der Waals surface area contributed by atoms with Crippen LogP contribution in [-0.2, 0) is 6.54 Å². The van der Waals surface area contributed by atoms with Gasteiger partial charge >= 0.3 is 0 Å². The highest BCUT2D eigenvalue weighted by Crippen LogP contribution is 2.31. The van der Waals surface area contributed by atoms with Gasteiger partial charge in [0.25, 0.3) is 0 Å². The van der Waals surface area contributed by atoms with Crippen LogP contribution in [0, 0.1) is 5.92 Å². The van der Waals surface area contributed by atoms with Gasteiger partial charge in [0.05, 0.1) is 0 Å². The van der Waals surface area contributed by atoms with Crippen LogP contribution < -0.4 is 29.9 Å². The lowest BCUT2D eigenvalue weighted by atomic mass is 10.0. The SMILES string of the molecule is C[C@H]1CCCN(c2cc(N3CCCCC3)nc(NC(=S)NCc3ccc4c(c3)OCCO4)n2)C1. The number of rotatable bonds is 5. The van der Waals surface area contributed by atoms with Crippen LogP contribution in [0.15, 0.2) is 24.3 Å². The fourth-order valence-corrected chi connectivity index (χ4v) is 5.01. The number of ether oxygens (including phenoxy) is 2. The number of fused-ring (bicyclic) bond motifs is 1. The number of aromatic nitrogens is 2. The summed E-state index contributed by atoms with van der Waals surface area (Å²) in [5.74, 6) is 4.77. The smallest absolute Gasteiger partial charge is 0.232 e. The van der Waals surface area contributed by atoms with Crippen LogP contribution in [0.3, 0.4) is 0 Å². The fraction of sp³-hybridized carbons (Fsp3) is 0.560. The van der Waals surface area contributed by atoms with E-state index in [0.29, 0.717) is 36.7 Å². The van der Waals surface area contributed by atoms with Crippen molar-refractivity contribution in [3.05, 3.63) is 29.8 Å². The largest absolute Gasteiger partial charge is 0.486 e. The van der Waals surface area contributed by atoms with Crippen molar-refractivity contribution in [2.45, 2.75) is 45.6 Å². The van der Waals surface area contributed by atoms with Gasteiger partial charge in [0.15, 0.2) is 16.6 Å². The first-order chi connectivity index (χ1) is 16.6. The summed E-state index contributed by atoms with van der Waals surface area (Å²) in [6.07, 6.45) is 6.18. The quantitative estimate of drug-likeness (QED) is 0.616. The van der Waals surface area contributed by atoms with Crippen LogP contribution in [0.4, 0.5) is 17.6 Å². The molecule has 2 aromatic rings. The molecule has 2 saturated heterocycles. The Labute approximate surface area is 207 Å². The zero-order chi connectivity index (χ0) is 23.3. The molecule has 8 nitrogen and oxygen atoms in total. The van der Waals surface area contributed by atoms with Crippen LogP contribution in [0.5, 0.6) is 11.5 Å². The molecule has 1 aromatic carbocycles. The molecule has 182 valence electrons. The van der Waals surface area contributed by atoms with Crippen molar-refractivity contribution in [1.82, 2.24) is 15.3 Å². The summed E-state index contributed by atoms with van der Waals surface area (Å²) in [4.78, 5) is 14.5. The summed E-state index contributed by atoms with van der Waals surface area (Å²) in [6.45, 7) is 8.20. The van der Waals surface area contributed by atoms with E-state index in [-0.39, 0.29) is 0 Å². The standard InChI is InChI=1S/C25H34N6O2S/c1-18-6-5-11-31(17-18)23-15-22(30-9-3-2-4-10-30)27-24(28-23)29-25(34)26-16-19-7-8-20-21(14-19)33-13-12-32-20/h7-8,14-15,18H,2-6,9-13,16-17H2,1H3,(H2,26,27,28,29,34)/t18-/m0/s1. The van der Waals surface area contributed by atoms with E-state index in [1.54, 1.807) is 0 Å². The Kier molecular flexibility index (Phi) is 7.18. The highest BCUT2D eigenvalue weighted by Gasteiger charge is 2.21. The van der Waals surface area contributed by atoms with Crippen LogP contribution in [-0.4, -0.2) is 54.5 Å². The van der Waals surface area contributed by atoms with Gasteiger partial charge < -0.3 is 29.9 Å². The number of nitrogens with one attached hydrogen (secondary N) is 2. The Hall–Kier alpha value is -2.81. The highest BCUT2D eigenvalue weighted by molar-refractivity contribution is 7.80. The third-order valence-electron chi connectivity index (χ3n) is 6.65. The van der Waals surface area contributed by atoms with Crippen LogP contribution in [0.1, 0.15) is 44.6 Å². The number of nitrogens with zero attached hydrogens (tertiary/aromatic N) is 4. The second-order valence-corrected chi connectivity index (χ2v) is 9.84. The van der Waals surface area contributed by atoms with Crippen molar-refractivity contribution >= 4 is 34.9 Å². The van der Waals surface area contributed by atoms with Crippen LogP contribution in [0.25, 0.3) is 0 Å².